The standard InChI is InChI=1S/C17H22FN3/c18-16-6-5-13(15(9-16)10-19)11-21-8-2-3-14(12-21)17-4-1-7-20-17/h5-6,9,14,17,20H,1-4,7-8,11-12H2. The average Bonchev–Trinajstić information content (AvgIpc) is 3.04. The number of piperidine rings is 1. The second kappa shape index (κ2) is 6.55. The van der Waals surface area contributed by atoms with Gasteiger partial charge >= 0.3 is 0 Å². The van der Waals surface area contributed by atoms with Gasteiger partial charge in [0.2, 0.25) is 0 Å². The van der Waals surface area contributed by atoms with Crippen molar-refractivity contribution in [2.24, 2.45) is 5.92 Å². The van der Waals surface area contributed by atoms with Crippen LogP contribution >= 0.6 is 0 Å². The molecular formula is C17H22FN3. The van der Waals surface area contributed by atoms with Gasteiger partial charge in [0.25, 0.3) is 0 Å². The Labute approximate surface area is 125 Å². The summed E-state index contributed by atoms with van der Waals surface area (Å²) < 4.78 is 13.2. The van der Waals surface area contributed by atoms with Crippen molar-refractivity contribution < 1.29 is 4.39 Å². The van der Waals surface area contributed by atoms with E-state index in [9.17, 15) is 4.39 Å². The van der Waals surface area contributed by atoms with E-state index < -0.39 is 0 Å². The second-order valence-corrected chi connectivity index (χ2v) is 6.25. The number of halogens is 1. The fourth-order valence-corrected chi connectivity index (χ4v) is 3.71. The zero-order chi connectivity index (χ0) is 14.7. The van der Waals surface area contributed by atoms with E-state index in [1.807, 2.05) is 0 Å². The second-order valence-electron chi connectivity index (χ2n) is 6.25. The molecule has 2 aliphatic rings. The Hall–Kier alpha value is -1.44. The molecule has 3 nitrogen and oxygen atoms in total. The van der Waals surface area contributed by atoms with Crippen molar-refractivity contribution >= 4 is 0 Å². The molecule has 4 heteroatoms. The van der Waals surface area contributed by atoms with E-state index in [0.29, 0.717) is 17.5 Å². The lowest BCUT2D eigenvalue weighted by Crippen LogP contribution is -2.43. The summed E-state index contributed by atoms with van der Waals surface area (Å²) in [5, 5.41) is 12.8. The van der Waals surface area contributed by atoms with Gasteiger partial charge in [0.1, 0.15) is 5.82 Å². The molecule has 0 saturated carbocycles. The molecule has 2 fully saturated rings. The maximum absolute atomic E-state index is 13.2. The molecule has 1 N–H and O–H groups in total. The Morgan fingerprint density at radius 1 is 1.33 bits per heavy atom. The highest BCUT2D eigenvalue weighted by atomic mass is 19.1. The molecule has 0 aliphatic carbocycles. The van der Waals surface area contributed by atoms with Crippen LogP contribution in [0.5, 0.6) is 0 Å². The normalized spacial score (nSPS) is 26.7. The molecule has 21 heavy (non-hydrogen) atoms. The van der Waals surface area contributed by atoms with Crippen molar-refractivity contribution in [2.75, 3.05) is 19.6 Å². The van der Waals surface area contributed by atoms with Crippen LogP contribution in [-0.2, 0) is 6.54 Å². The van der Waals surface area contributed by atoms with Crippen LogP contribution in [0.4, 0.5) is 4.39 Å². The summed E-state index contributed by atoms with van der Waals surface area (Å²) in [4.78, 5) is 2.42. The number of rotatable bonds is 3. The van der Waals surface area contributed by atoms with Crippen LogP contribution in [-0.4, -0.2) is 30.6 Å². The van der Waals surface area contributed by atoms with Gasteiger partial charge in [0.15, 0.2) is 0 Å². The molecule has 2 saturated heterocycles. The zero-order valence-electron chi connectivity index (χ0n) is 12.3. The summed E-state index contributed by atoms with van der Waals surface area (Å²) in [7, 11) is 0. The van der Waals surface area contributed by atoms with Crippen LogP contribution in [0.3, 0.4) is 0 Å². The summed E-state index contributed by atoms with van der Waals surface area (Å²) in [5.74, 6) is 0.384. The Bertz CT molecular complexity index is 531. The predicted molar refractivity (Wildman–Crippen MR) is 80.1 cm³/mol. The Kier molecular flexibility index (Phi) is 4.52. The molecule has 1 aromatic rings. The highest BCUT2D eigenvalue weighted by Gasteiger charge is 2.29. The van der Waals surface area contributed by atoms with Gasteiger partial charge < -0.3 is 5.32 Å². The maximum atomic E-state index is 13.2. The largest absolute Gasteiger partial charge is 0.314 e. The first-order chi connectivity index (χ1) is 10.3. The summed E-state index contributed by atoms with van der Waals surface area (Å²) in [6.45, 7) is 4.06. The monoisotopic (exact) mass is 287 g/mol. The van der Waals surface area contributed by atoms with E-state index in [-0.39, 0.29) is 5.82 Å². The summed E-state index contributed by atoms with van der Waals surface area (Å²) >= 11 is 0. The van der Waals surface area contributed by atoms with Crippen LogP contribution in [0, 0.1) is 23.1 Å². The number of nitrogens with one attached hydrogen (secondary N) is 1. The van der Waals surface area contributed by atoms with E-state index in [1.165, 1.54) is 37.8 Å². The topological polar surface area (TPSA) is 39.1 Å². The summed E-state index contributed by atoms with van der Waals surface area (Å²) in [5.41, 5.74) is 1.41. The van der Waals surface area contributed by atoms with Crippen molar-refractivity contribution in [3.8, 4) is 6.07 Å². The molecule has 0 radical (unpaired) electrons. The Balaban J connectivity index is 1.66. The number of nitriles is 1. The van der Waals surface area contributed by atoms with E-state index >= 15 is 0 Å². The number of hydrogen-bond donors (Lipinski definition) is 1. The van der Waals surface area contributed by atoms with E-state index in [4.69, 9.17) is 5.26 Å². The fourth-order valence-electron chi connectivity index (χ4n) is 3.71. The van der Waals surface area contributed by atoms with Crippen molar-refractivity contribution in [3.05, 3.63) is 35.1 Å². The minimum Gasteiger partial charge on any atom is -0.314 e. The number of likely N-dealkylation sites (tertiary alicyclic amines) is 1. The van der Waals surface area contributed by atoms with Crippen molar-refractivity contribution in [1.29, 1.82) is 5.26 Å². The highest BCUT2D eigenvalue weighted by Crippen LogP contribution is 2.26. The van der Waals surface area contributed by atoms with Crippen LogP contribution in [0.25, 0.3) is 0 Å². The number of hydrogen-bond acceptors (Lipinski definition) is 3. The first-order valence-corrected chi connectivity index (χ1v) is 7.90. The lowest BCUT2D eigenvalue weighted by molar-refractivity contribution is 0.145. The van der Waals surface area contributed by atoms with Gasteiger partial charge in [-0.15, -0.1) is 0 Å². The fraction of sp³-hybridized carbons (Fsp3) is 0.588. The average molecular weight is 287 g/mol. The quantitative estimate of drug-likeness (QED) is 0.929. The molecule has 0 spiro atoms. The Morgan fingerprint density at radius 3 is 3.00 bits per heavy atom. The molecule has 0 bridgehead atoms. The van der Waals surface area contributed by atoms with E-state index in [2.05, 4.69) is 16.3 Å². The molecule has 2 heterocycles. The number of nitrogens with zero attached hydrogens (tertiary/aromatic N) is 2. The molecule has 3 rings (SSSR count). The first kappa shape index (κ1) is 14.5. The SMILES string of the molecule is N#Cc1cc(F)ccc1CN1CCCC(C2CCCN2)C1. The molecule has 2 atom stereocenters. The predicted octanol–water partition coefficient (Wildman–Crippen LogP) is 2.66. The molecular weight excluding hydrogens is 265 g/mol. The van der Waals surface area contributed by atoms with Crippen LogP contribution in [0.1, 0.15) is 36.8 Å². The van der Waals surface area contributed by atoms with Gasteiger partial charge in [0.05, 0.1) is 11.6 Å². The molecule has 0 aromatic heterocycles. The molecule has 112 valence electrons. The van der Waals surface area contributed by atoms with E-state index in [1.54, 1.807) is 6.07 Å². The third-order valence-corrected chi connectivity index (χ3v) is 4.80. The van der Waals surface area contributed by atoms with Crippen molar-refractivity contribution in [1.82, 2.24) is 10.2 Å². The maximum Gasteiger partial charge on any atom is 0.124 e. The molecule has 0 amide bonds. The van der Waals surface area contributed by atoms with Crippen LogP contribution in [0.2, 0.25) is 0 Å². The van der Waals surface area contributed by atoms with Gasteiger partial charge in [-0.3, -0.25) is 4.90 Å². The lowest BCUT2D eigenvalue weighted by Gasteiger charge is -2.36. The first-order valence-electron chi connectivity index (χ1n) is 7.90. The van der Waals surface area contributed by atoms with Crippen molar-refractivity contribution in [3.63, 3.8) is 0 Å². The van der Waals surface area contributed by atoms with Gasteiger partial charge in [-0.25, -0.2) is 4.39 Å². The van der Waals surface area contributed by atoms with Gasteiger partial charge in [-0.05, 0) is 62.4 Å². The minimum atomic E-state index is -0.332. The Morgan fingerprint density at radius 2 is 2.24 bits per heavy atom. The lowest BCUT2D eigenvalue weighted by atomic mass is 9.89. The third kappa shape index (κ3) is 3.42. The zero-order valence-corrected chi connectivity index (χ0v) is 12.3. The highest BCUT2D eigenvalue weighted by molar-refractivity contribution is 5.37. The third-order valence-electron chi connectivity index (χ3n) is 4.80. The summed E-state index contributed by atoms with van der Waals surface area (Å²) in [6.07, 6.45) is 5.09. The van der Waals surface area contributed by atoms with Crippen LogP contribution < -0.4 is 5.32 Å². The minimum absolute atomic E-state index is 0.332. The van der Waals surface area contributed by atoms with Crippen molar-refractivity contribution in [2.45, 2.75) is 38.3 Å². The van der Waals surface area contributed by atoms with Crippen LogP contribution in [0.15, 0.2) is 18.2 Å². The summed E-state index contributed by atoms with van der Waals surface area (Å²) in [6, 6.07) is 7.33. The van der Waals surface area contributed by atoms with Gasteiger partial charge in [-0.2, -0.15) is 5.26 Å². The molecule has 1 aromatic carbocycles. The van der Waals surface area contributed by atoms with Gasteiger partial charge in [-0.1, -0.05) is 6.07 Å². The van der Waals surface area contributed by atoms with Gasteiger partial charge in [0, 0.05) is 19.1 Å². The molecule has 2 unspecified atom stereocenters. The molecule has 2 aliphatic heterocycles. The van der Waals surface area contributed by atoms with E-state index in [0.717, 1.165) is 31.7 Å². The number of benzene rings is 1. The smallest absolute Gasteiger partial charge is 0.124 e.